The summed E-state index contributed by atoms with van der Waals surface area (Å²) in [6.45, 7) is 7.51. The fraction of sp³-hybridized carbons (Fsp3) is 1.00. The molecule has 0 aliphatic heterocycles. The average Bonchev–Trinajstić information content (AvgIpc) is 1.96. The highest BCUT2D eigenvalue weighted by molar-refractivity contribution is 7.89. The summed E-state index contributed by atoms with van der Waals surface area (Å²) >= 11 is 0. The van der Waals surface area contributed by atoms with E-state index in [0.717, 1.165) is 0 Å². The van der Waals surface area contributed by atoms with Gasteiger partial charge in [-0.3, -0.25) is 0 Å². The first-order chi connectivity index (χ1) is 6.16. The second-order valence-electron chi connectivity index (χ2n) is 4.73. The minimum absolute atomic E-state index is 0.0798. The summed E-state index contributed by atoms with van der Waals surface area (Å²) in [6.07, 6.45) is -0.0392. The molecule has 0 heterocycles. The Labute approximate surface area is 86.8 Å². The number of aliphatic hydroxyl groups is 1. The predicted molar refractivity (Wildman–Crippen MR) is 57.5 cm³/mol. The predicted octanol–water partition coefficient (Wildman–Crippen LogP) is 0.723. The maximum absolute atomic E-state index is 11.4. The molecule has 1 atom stereocenters. The quantitative estimate of drug-likeness (QED) is 0.722. The van der Waals surface area contributed by atoms with E-state index in [9.17, 15) is 13.5 Å². The van der Waals surface area contributed by atoms with Crippen molar-refractivity contribution < 1.29 is 13.5 Å². The molecule has 4 nitrogen and oxygen atoms in total. The van der Waals surface area contributed by atoms with Crippen molar-refractivity contribution in [1.29, 1.82) is 0 Å². The summed E-state index contributed by atoms with van der Waals surface area (Å²) < 4.78 is 25.3. The molecule has 0 aromatic rings. The molecule has 0 aliphatic carbocycles. The Morgan fingerprint density at radius 2 is 1.86 bits per heavy atom. The van der Waals surface area contributed by atoms with Crippen LogP contribution in [0.2, 0.25) is 0 Å². The van der Waals surface area contributed by atoms with Gasteiger partial charge in [0.05, 0.1) is 11.9 Å². The third-order valence-electron chi connectivity index (χ3n) is 1.63. The van der Waals surface area contributed by atoms with Crippen molar-refractivity contribution in [3.8, 4) is 0 Å². The summed E-state index contributed by atoms with van der Waals surface area (Å²) in [5, 5.41) is 9.19. The normalized spacial score (nSPS) is 15.5. The van der Waals surface area contributed by atoms with Gasteiger partial charge in [0.2, 0.25) is 10.0 Å². The van der Waals surface area contributed by atoms with Gasteiger partial charge < -0.3 is 5.11 Å². The molecule has 86 valence electrons. The maximum Gasteiger partial charge on any atom is 0.212 e. The van der Waals surface area contributed by atoms with Gasteiger partial charge in [-0.25, -0.2) is 13.1 Å². The van der Waals surface area contributed by atoms with Crippen LogP contribution in [0.15, 0.2) is 0 Å². The van der Waals surface area contributed by atoms with Gasteiger partial charge in [-0.2, -0.15) is 0 Å². The van der Waals surface area contributed by atoms with Crippen LogP contribution in [-0.4, -0.2) is 31.9 Å². The molecule has 5 heteroatoms. The Morgan fingerprint density at radius 3 is 2.21 bits per heavy atom. The van der Waals surface area contributed by atoms with Gasteiger partial charge in [-0.15, -0.1) is 0 Å². The lowest BCUT2D eigenvalue weighted by atomic mass is 10.0. The van der Waals surface area contributed by atoms with E-state index in [-0.39, 0.29) is 17.7 Å². The molecule has 0 saturated carbocycles. The van der Waals surface area contributed by atoms with Crippen LogP contribution in [0.25, 0.3) is 0 Å². The molecule has 0 bridgehead atoms. The third-order valence-corrected chi connectivity index (χ3v) is 3.49. The Hall–Kier alpha value is -0.130. The molecule has 1 unspecified atom stereocenters. The average molecular weight is 223 g/mol. The summed E-state index contributed by atoms with van der Waals surface area (Å²) in [5.41, 5.74) is -0.261. The van der Waals surface area contributed by atoms with Gasteiger partial charge in [-0.05, 0) is 11.8 Å². The van der Waals surface area contributed by atoms with Crippen LogP contribution in [0.3, 0.4) is 0 Å². The second kappa shape index (κ2) is 5.09. The van der Waals surface area contributed by atoms with E-state index >= 15 is 0 Å². The fourth-order valence-corrected chi connectivity index (χ4v) is 2.68. The van der Waals surface area contributed by atoms with Crippen molar-refractivity contribution in [2.75, 3.05) is 12.3 Å². The molecule has 0 spiro atoms. The number of hydrogen-bond donors (Lipinski definition) is 2. The number of rotatable bonds is 5. The molecular weight excluding hydrogens is 202 g/mol. The summed E-state index contributed by atoms with van der Waals surface area (Å²) in [7, 11) is -3.25. The Balaban J connectivity index is 4.10. The largest absolute Gasteiger partial charge is 0.392 e. The van der Waals surface area contributed by atoms with Crippen molar-refractivity contribution in [3.05, 3.63) is 0 Å². The molecule has 0 radical (unpaired) electrons. The van der Waals surface area contributed by atoms with E-state index < -0.39 is 16.1 Å². The highest BCUT2D eigenvalue weighted by atomic mass is 32.2. The van der Waals surface area contributed by atoms with Gasteiger partial charge in [-0.1, -0.05) is 27.7 Å². The Morgan fingerprint density at radius 1 is 1.36 bits per heavy atom. The van der Waals surface area contributed by atoms with E-state index in [1.807, 2.05) is 27.7 Å². The molecule has 2 N–H and O–H groups in total. The van der Waals surface area contributed by atoms with E-state index in [1.165, 1.54) is 0 Å². The van der Waals surface area contributed by atoms with Gasteiger partial charge in [0.25, 0.3) is 0 Å². The Kier molecular flexibility index (Phi) is 5.05. The van der Waals surface area contributed by atoms with Crippen molar-refractivity contribution in [1.82, 2.24) is 4.72 Å². The van der Waals surface area contributed by atoms with Crippen LogP contribution in [0.1, 0.15) is 34.1 Å². The van der Waals surface area contributed by atoms with Crippen molar-refractivity contribution in [2.24, 2.45) is 5.41 Å². The molecule has 0 fully saturated rings. The fourth-order valence-electron chi connectivity index (χ4n) is 0.989. The van der Waals surface area contributed by atoms with Crippen LogP contribution in [0, 0.1) is 5.41 Å². The van der Waals surface area contributed by atoms with Crippen LogP contribution < -0.4 is 4.72 Å². The molecule has 0 aromatic heterocycles. The zero-order valence-electron chi connectivity index (χ0n) is 9.37. The van der Waals surface area contributed by atoms with E-state index in [4.69, 9.17) is 0 Å². The third kappa shape index (κ3) is 7.29. The number of hydrogen-bond acceptors (Lipinski definition) is 3. The van der Waals surface area contributed by atoms with Gasteiger partial charge in [0.15, 0.2) is 0 Å². The standard InChI is InChI=1S/C9H21NO3S/c1-5-8(11)6-10-14(12,13)7-9(2,3)4/h8,10-11H,5-7H2,1-4H3. The lowest BCUT2D eigenvalue weighted by molar-refractivity contribution is 0.174. The van der Waals surface area contributed by atoms with Crippen LogP contribution in [0.5, 0.6) is 0 Å². The van der Waals surface area contributed by atoms with Crippen LogP contribution >= 0.6 is 0 Å². The first-order valence-electron chi connectivity index (χ1n) is 4.82. The Bertz CT molecular complexity index is 254. The molecule has 0 aliphatic rings. The summed E-state index contributed by atoms with van der Waals surface area (Å²) in [6, 6.07) is 0. The molecule has 0 rings (SSSR count). The number of sulfonamides is 1. The highest BCUT2D eigenvalue weighted by Crippen LogP contribution is 2.15. The first-order valence-corrected chi connectivity index (χ1v) is 6.47. The first kappa shape index (κ1) is 13.9. The van der Waals surface area contributed by atoms with Crippen molar-refractivity contribution in [2.45, 2.75) is 40.2 Å². The number of nitrogens with one attached hydrogen (secondary N) is 1. The maximum atomic E-state index is 11.4. The monoisotopic (exact) mass is 223 g/mol. The number of aliphatic hydroxyl groups excluding tert-OH is 1. The zero-order valence-corrected chi connectivity index (χ0v) is 10.2. The minimum Gasteiger partial charge on any atom is -0.392 e. The molecule has 0 aromatic carbocycles. The molecule has 0 amide bonds. The lowest BCUT2D eigenvalue weighted by Crippen LogP contribution is -2.36. The van der Waals surface area contributed by atoms with Gasteiger partial charge in [0, 0.05) is 6.54 Å². The molecular formula is C9H21NO3S. The summed E-state index contributed by atoms with van der Waals surface area (Å²) in [5.74, 6) is 0.0798. The van der Waals surface area contributed by atoms with Gasteiger partial charge >= 0.3 is 0 Å². The van der Waals surface area contributed by atoms with Crippen molar-refractivity contribution >= 4 is 10.0 Å². The summed E-state index contributed by atoms with van der Waals surface area (Å²) in [4.78, 5) is 0. The van der Waals surface area contributed by atoms with E-state index in [0.29, 0.717) is 6.42 Å². The molecule has 14 heavy (non-hydrogen) atoms. The topological polar surface area (TPSA) is 66.4 Å². The van der Waals surface area contributed by atoms with Gasteiger partial charge in [0.1, 0.15) is 0 Å². The van der Waals surface area contributed by atoms with Crippen LogP contribution in [-0.2, 0) is 10.0 Å². The molecule has 0 saturated heterocycles. The van der Waals surface area contributed by atoms with Crippen molar-refractivity contribution in [3.63, 3.8) is 0 Å². The lowest BCUT2D eigenvalue weighted by Gasteiger charge is -2.19. The van der Waals surface area contributed by atoms with Crippen LogP contribution in [0.4, 0.5) is 0 Å². The van der Waals surface area contributed by atoms with E-state index in [2.05, 4.69) is 4.72 Å². The highest BCUT2D eigenvalue weighted by Gasteiger charge is 2.21. The minimum atomic E-state index is -3.25. The second-order valence-corrected chi connectivity index (χ2v) is 6.54. The smallest absolute Gasteiger partial charge is 0.212 e. The SMILES string of the molecule is CCC(O)CNS(=O)(=O)CC(C)(C)C. The zero-order chi connectivity index (χ0) is 11.4. The van der Waals surface area contributed by atoms with E-state index in [1.54, 1.807) is 0 Å².